The summed E-state index contributed by atoms with van der Waals surface area (Å²) in [6, 6.07) is -0.0988. The van der Waals surface area contributed by atoms with Crippen molar-refractivity contribution in [2.45, 2.75) is 25.8 Å². The molecule has 3 heterocycles. The molecule has 1 fully saturated rings. The van der Waals surface area contributed by atoms with Crippen molar-refractivity contribution >= 4 is 5.91 Å². The monoisotopic (exact) mass is 247 g/mol. The molecule has 0 spiro atoms. The van der Waals surface area contributed by atoms with Crippen LogP contribution in [0.15, 0.2) is 17.0 Å². The van der Waals surface area contributed by atoms with Crippen LogP contribution >= 0.6 is 0 Å². The van der Waals surface area contributed by atoms with Crippen molar-refractivity contribution < 1.29 is 9.32 Å². The molecule has 18 heavy (non-hydrogen) atoms. The molecule has 0 saturated carbocycles. The summed E-state index contributed by atoms with van der Waals surface area (Å²) >= 11 is 0. The Balaban J connectivity index is 1.85. The Morgan fingerprint density at radius 1 is 1.61 bits per heavy atom. The zero-order valence-electron chi connectivity index (χ0n) is 9.96. The van der Waals surface area contributed by atoms with Crippen molar-refractivity contribution in [1.29, 1.82) is 0 Å². The highest BCUT2D eigenvalue weighted by atomic mass is 16.5. The molecule has 1 unspecified atom stereocenters. The maximum atomic E-state index is 12.3. The van der Waals surface area contributed by atoms with Crippen LogP contribution in [0, 0.1) is 6.92 Å². The molecule has 7 nitrogen and oxygen atoms in total. The zero-order chi connectivity index (χ0) is 12.5. The van der Waals surface area contributed by atoms with Gasteiger partial charge in [0.1, 0.15) is 5.69 Å². The van der Waals surface area contributed by atoms with Gasteiger partial charge in [-0.2, -0.15) is 4.98 Å². The third-order valence-electron chi connectivity index (χ3n) is 3.08. The molecule has 7 heteroatoms. The number of rotatable bonds is 2. The number of nitrogens with zero attached hydrogens (tertiary/aromatic N) is 4. The predicted molar refractivity (Wildman–Crippen MR) is 60.6 cm³/mol. The summed E-state index contributed by atoms with van der Waals surface area (Å²) in [5.41, 5.74) is 0.488. The fraction of sp³-hybridized carbons (Fsp3) is 0.455. The van der Waals surface area contributed by atoms with Gasteiger partial charge < -0.3 is 14.4 Å². The van der Waals surface area contributed by atoms with Gasteiger partial charge in [-0.1, -0.05) is 5.16 Å². The molecule has 0 aromatic carbocycles. The number of imidazole rings is 1. The molecule has 1 N–H and O–H groups in total. The normalized spacial score (nSPS) is 19.4. The van der Waals surface area contributed by atoms with Crippen molar-refractivity contribution in [1.82, 2.24) is 25.0 Å². The summed E-state index contributed by atoms with van der Waals surface area (Å²) in [4.78, 5) is 24.9. The Kier molecular flexibility index (Phi) is 2.58. The van der Waals surface area contributed by atoms with E-state index in [-0.39, 0.29) is 11.9 Å². The first kappa shape index (κ1) is 10.9. The van der Waals surface area contributed by atoms with Gasteiger partial charge in [-0.15, -0.1) is 0 Å². The van der Waals surface area contributed by atoms with E-state index in [1.807, 2.05) is 0 Å². The first-order valence-electron chi connectivity index (χ1n) is 5.85. The average Bonchev–Trinajstić information content (AvgIpc) is 3.09. The second-order valence-corrected chi connectivity index (χ2v) is 4.29. The Hall–Kier alpha value is -2.18. The number of aryl methyl sites for hydroxylation is 1. The second-order valence-electron chi connectivity index (χ2n) is 4.29. The van der Waals surface area contributed by atoms with E-state index >= 15 is 0 Å². The van der Waals surface area contributed by atoms with Gasteiger partial charge in [0, 0.05) is 13.5 Å². The van der Waals surface area contributed by atoms with E-state index in [0.29, 0.717) is 24.0 Å². The molecule has 0 bridgehead atoms. The lowest BCUT2D eigenvalue weighted by Gasteiger charge is -2.21. The van der Waals surface area contributed by atoms with Gasteiger partial charge in [0.25, 0.3) is 5.91 Å². The summed E-state index contributed by atoms with van der Waals surface area (Å²) in [7, 11) is 0. The van der Waals surface area contributed by atoms with Crippen LogP contribution in [0.25, 0.3) is 0 Å². The van der Waals surface area contributed by atoms with E-state index in [0.717, 1.165) is 12.8 Å². The molecule has 0 radical (unpaired) electrons. The van der Waals surface area contributed by atoms with Crippen molar-refractivity contribution in [2.75, 3.05) is 6.54 Å². The van der Waals surface area contributed by atoms with Crippen molar-refractivity contribution in [3.63, 3.8) is 0 Å². The van der Waals surface area contributed by atoms with E-state index in [2.05, 4.69) is 20.1 Å². The van der Waals surface area contributed by atoms with Crippen molar-refractivity contribution in [2.24, 2.45) is 0 Å². The first-order valence-corrected chi connectivity index (χ1v) is 5.85. The number of nitrogens with one attached hydrogen (secondary N) is 1. The molecule has 1 saturated heterocycles. The van der Waals surface area contributed by atoms with Gasteiger partial charge in [0.15, 0.2) is 5.82 Å². The van der Waals surface area contributed by atoms with Gasteiger partial charge in [-0.05, 0) is 12.8 Å². The molecule has 3 rings (SSSR count). The van der Waals surface area contributed by atoms with Gasteiger partial charge >= 0.3 is 0 Å². The van der Waals surface area contributed by atoms with E-state index in [4.69, 9.17) is 4.52 Å². The predicted octanol–water partition coefficient (Wildman–Crippen LogP) is 1.08. The smallest absolute Gasteiger partial charge is 0.272 e. The van der Waals surface area contributed by atoms with Crippen LogP contribution in [0.1, 0.15) is 41.1 Å². The van der Waals surface area contributed by atoms with Crippen LogP contribution in [0.5, 0.6) is 0 Å². The number of aromatic nitrogens is 4. The summed E-state index contributed by atoms with van der Waals surface area (Å²) in [6.07, 6.45) is 4.83. The maximum Gasteiger partial charge on any atom is 0.272 e. The standard InChI is InChI=1S/C11H13N5O2/c1-7-14-10(15-18-7)9-3-2-4-16(9)11(17)8-5-12-6-13-8/h5-6,9H,2-4H2,1H3,(H,12,13). The number of carbonyl (C=O) groups excluding carboxylic acids is 1. The molecular formula is C11H13N5O2. The highest BCUT2D eigenvalue weighted by Gasteiger charge is 2.34. The summed E-state index contributed by atoms with van der Waals surface area (Å²) in [5, 5.41) is 3.91. The van der Waals surface area contributed by atoms with Gasteiger partial charge in [-0.25, -0.2) is 4.98 Å². The van der Waals surface area contributed by atoms with Crippen LogP contribution < -0.4 is 0 Å². The molecular weight excluding hydrogens is 234 g/mol. The molecule has 1 aliphatic rings. The third kappa shape index (κ3) is 1.77. The fourth-order valence-corrected chi connectivity index (χ4v) is 2.26. The van der Waals surface area contributed by atoms with Gasteiger partial charge in [0.05, 0.1) is 18.6 Å². The Morgan fingerprint density at radius 3 is 3.17 bits per heavy atom. The second kappa shape index (κ2) is 4.25. The number of likely N-dealkylation sites (tertiary alicyclic amines) is 1. The lowest BCUT2D eigenvalue weighted by Crippen LogP contribution is -2.31. The lowest BCUT2D eigenvalue weighted by atomic mass is 10.2. The largest absolute Gasteiger partial charge is 0.341 e. The van der Waals surface area contributed by atoms with Crippen LogP contribution in [0.4, 0.5) is 0 Å². The highest BCUT2D eigenvalue weighted by molar-refractivity contribution is 5.92. The van der Waals surface area contributed by atoms with Crippen LogP contribution in [-0.4, -0.2) is 37.5 Å². The maximum absolute atomic E-state index is 12.3. The molecule has 94 valence electrons. The molecule has 2 aromatic heterocycles. The van der Waals surface area contributed by atoms with Crippen LogP contribution in [-0.2, 0) is 0 Å². The van der Waals surface area contributed by atoms with E-state index in [1.165, 1.54) is 12.5 Å². The average molecular weight is 247 g/mol. The fourth-order valence-electron chi connectivity index (χ4n) is 2.26. The van der Waals surface area contributed by atoms with Crippen molar-refractivity contribution in [3.05, 3.63) is 29.9 Å². The number of hydrogen-bond donors (Lipinski definition) is 1. The molecule has 0 aliphatic carbocycles. The summed E-state index contributed by atoms with van der Waals surface area (Å²) < 4.78 is 4.98. The Labute approximate surface area is 103 Å². The quantitative estimate of drug-likeness (QED) is 0.857. The number of hydrogen-bond acceptors (Lipinski definition) is 5. The summed E-state index contributed by atoms with van der Waals surface area (Å²) in [6.45, 7) is 2.45. The van der Waals surface area contributed by atoms with E-state index in [1.54, 1.807) is 11.8 Å². The molecule has 2 aromatic rings. The Morgan fingerprint density at radius 2 is 2.50 bits per heavy atom. The van der Waals surface area contributed by atoms with Gasteiger partial charge in [0.2, 0.25) is 5.89 Å². The summed E-state index contributed by atoms with van der Waals surface area (Å²) in [5.74, 6) is 1.03. The molecule has 1 amide bonds. The SMILES string of the molecule is Cc1nc(C2CCCN2C(=O)c2cnc[nH]2)no1. The van der Waals surface area contributed by atoms with E-state index < -0.39 is 0 Å². The van der Waals surface area contributed by atoms with Crippen molar-refractivity contribution in [3.8, 4) is 0 Å². The molecule has 1 atom stereocenters. The minimum Gasteiger partial charge on any atom is -0.341 e. The molecule has 1 aliphatic heterocycles. The topological polar surface area (TPSA) is 87.9 Å². The number of H-pyrrole nitrogens is 1. The first-order chi connectivity index (χ1) is 8.75. The zero-order valence-corrected chi connectivity index (χ0v) is 9.96. The highest BCUT2D eigenvalue weighted by Crippen LogP contribution is 2.31. The minimum atomic E-state index is -0.0988. The lowest BCUT2D eigenvalue weighted by molar-refractivity contribution is 0.0723. The number of aromatic amines is 1. The minimum absolute atomic E-state index is 0.0718. The Bertz CT molecular complexity index is 548. The van der Waals surface area contributed by atoms with Gasteiger partial charge in [-0.3, -0.25) is 4.79 Å². The van der Waals surface area contributed by atoms with E-state index in [9.17, 15) is 4.79 Å². The number of amides is 1. The number of carbonyl (C=O) groups is 1. The van der Waals surface area contributed by atoms with Crippen LogP contribution in [0.2, 0.25) is 0 Å². The van der Waals surface area contributed by atoms with Crippen LogP contribution in [0.3, 0.4) is 0 Å². The third-order valence-corrected chi connectivity index (χ3v) is 3.08.